The molecule has 17 heavy (non-hydrogen) atoms. The van der Waals surface area contributed by atoms with E-state index in [9.17, 15) is 0 Å². The first-order valence-electron chi connectivity index (χ1n) is 5.57. The molecule has 0 aliphatic carbocycles. The molecule has 2 rings (SSSR count). The summed E-state index contributed by atoms with van der Waals surface area (Å²) in [7, 11) is 1.92. The minimum absolute atomic E-state index is 0.684. The molecule has 0 fully saturated rings. The first-order valence-corrected chi connectivity index (χ1v) is 5.57. The second-order valence-corrected chi connectivity index (χ2v) is 3.79. The lowest BCUT2D eigenvalue weighted by Crippen LogP contribution is -2.12. The summed E-state index contributed by atoms with van der Waals surface area (Å²) in [6, 6.07) is 9.99. The number of rotatable bonds is 3. The maximum atomic E-state index is 4.10. The fourth-order valence-corrected chi connectivity index (χ4v) is 1.50. The van der Waals surface area contributed by atoms with Gasteiger partial charge in [0.05, 0.1) is 12.7 Å². The van der Waals surface area contributed by atoms with Gasteiger partial charge in [0, 0.05) is 30.9 Å². The molecule has 0 bridgehead atoms. The summed E-state index contributed by atoms with van der Waals surface area (Å²) < 4.78 is 1.80. The molecule has 1 aromatic heterocycles. The van der Waals surface area contributed by atoms with Crippen molar-refractivity contribution in [3.05, 3.63) is 53.9 Å². The average Bonchev–Trinajstić information content (AvgIpc) is 2.76. The van der Waals surface area contributed by atoms with E-state index in [2.05, 4.69) is 22.3 Å². The van der Waals surface area contributed by atoms with Crippen LogP contribution in [0.15, 0.2) is 42.7 Å². The van der Waals surface area contributed by atoms with Crippen molar-refractivity contribution >= 4 is 0 Å². The Morgan fingerprint density at radius 1 is 1.29 bits per heavy atom. The highest BCUT2D eigenvalue weighted by molar-refractivity contribution is 5.33. The summed E-state index contributed by atoms with van der Waals surface area (Å²) in [6.45, 7) is 1.49. The van der Waals surface area contributed by atoms with E-state index >= 15 is 0 Å². The molecule has 1 heterocycles. The lowest BCUT2D eigenvalue weighted by molar-refractivity contribution is 0.755. The second-order valence-electron chi connectivity index (χ2n) is 3.79. The maximum Gasteiger partial charge on any atom is 0.0582 e. The van der Waals surface area contributed by atoms with Crippen molar-refractivity contribution in [2.75, 3.05) is 6.54 Å². The van der Waals surface area contributed by atoms with Crippen LogP contribution in [-0.2, 0) is 13.6 Å². The summed E-state index contributed by atoms with van der Waals surface area (Å²) >= 11 is 0. The molecule has 86 valence electrons. The average molecular weight is 225 g/mol. The van der Waals surface area contributed by atoms with Crippen LogP contribution in [0.4, 0.5) is 0 Å². The van der Waals surface area contributed by atoms with Crippen molar-refractivity contribution in [1.82, 2.24) is 15.1 Å². The van der Waals surface area contributed by atoms with Gasteiger partial charge in [-0.25, -0.2) is 0 Å². The van der Waals surface area contributed by atoms with Gasteiger partial charge in [-0.3, -0.25) is 4.68 Å². The van der Waals surface area contributed by atoms with Gasteiger partial charge in [-0.2, -0.15) is 5.10 Å². The van der Waals surface area contributed by atoms with Crippen LogP contribution in [0.5, 0.6) is 0 Å². The fraction of sp³-hybridized carbons (Fsp3) is 0.214. The quantitative estimate of drug-likeness (QED) is 0.634. The number of nitrogens with zero attached hydrogens (tertiary/aromatic N) is 2. The molecule has 2 aromatic rings. The van der Waals surface area contributed by atoms with Gasteiger partial charge in [-0.1, -0.05) is 30.0 Å². The minimum Gasteiger partial charge on any atom is -0.302 e. The van der Waals surface area contributed by atoms with Gasteiger partial charge in [0.25, 0.3) is 0 Å². The van der Waals surface area contributed by atoms with Crippen molar-refractivity contribution < 1.29 is 0 Å². The van der Waals surface area contributed by atoms with Gasteiger partial charge in [-0.05, 0) is 12.1 Å². The number of hydrogen-bond acceptors (Lipinski definition) is 2. The number of benzene rings is 1. The van der Waals surface area contributed by atoms with E-state index in [0.29, 0.717) is 6.54 Å². The van der Waals surface area contributed by atoms with Crippen LogP contribution >= 0.6 is 0 Å². The van der Waals surface area contributed by atoms with Crippen LogP contribution in [0.1, 0.15) is 11.1 Å². The molecular formula is C14H15N3. The Hall–Kier alpha value is -2.05. The molecule has 0 amide bonds. The Balaban J connectivity index is 1.75. The number of hydrogen-bond donors (Lipinski definition) is 1. The third kappa shape index (κ3) is 3.78. The highest BCUT2D eigenvalue weighted by Gasteiger charge is 1.93. The molecule has 0 saturated heterocycles. The van der Waals surface area contributed by atoms with E-state index in [4.69, 9.17) is 0 Å². The van der Waals surface area contributed by atoms with Crippen LogP contribution in [0, 0.1) is 11.8 Å². The second kappa shape index (κ2) is 5.88. The van der Waals surface area contributed by atoms with Gasteiger partial charge in [0.15, 0.2) is 0 Å². The molecule has 0 spiro atoms. The molecule has 3 heteroatoms. The third-order valence-corrected chi connectivity index (χ3v) is 2.31. The summed E-state index contributed by atoms with van der Waals surface area (Å²) in [4.78, 5) is 0. The van der Waals surface area contributed by atoms with Gasteiger partial charge < -0.3 is 5.32 Å². The van der Waals surface area contributed by atoms with Crippen molar-refractivity contribution in [2.24, 2.45) is 7.05 Å². The van der Waals surface area contributed by atoms with Crippen LogP contribution in [0.3, 0.4) is 0 Å². The van der Waals surface area contributed by atoms with Crippen molar-refractivity contribution in [3.8, 4) is 11.8 Å². The SMILES string of the molecule is Cn1cc(CNCC#Cc2ccccc2)cn1. The van der Waals surface area contributed by atoms with Gasteiger partial charge in [-0.15, -0.1) is 0 Å². The van der Waals surface area contributed by atoms with Crippen LogP contribution < -0.4 is 5.32 Å². The van der Waals surface area contributed by atoms with E-state index in [1.807, 2.05) is 49.8 Å². The lowest BCUT2D eigenvalue weighted by Gasteiger charge is -1.95. The lowest BCUT2D eigenvalue weighted by atomic mass is 10.2. The van der Waals surface area contributed by atoms with E-state index < -0.39 is 0 Å². The number of nitrogens with one attached hydrogen (secondary N) is 1. The van der Waals surface area contributed by atoms with Crippen LogP contribution in [0.25, 0.3) is 0 Å². The van der Waals surface area contributed by atoms with E-state index in [1.165, 1.54) is 5.56 Å². The summed E-state index contributed by atoms with van der Waals surface area (Å²) in [6.07, 6.45) is 3.86. The molecule has 1 N–H and O–H groups in total. The standard InChI is InChI=1S/C14H15N3/c1-17-12-14(11-16-17)10-15-9-5-8-13-6-3-2-4-7-13/h2-4,6-7,11-12,15H,9-10H2,1H3. The molecule has 1 aromatic carbocycles. The van der Waals surface area contributed by atoms with Gasteiger partial charge in [0.2, 0.25) is 0 Å². The Bertz CT molecular complexity index is 517. The largest absolute Gasteiger partial charge is 0.302 e. The van der Waals surface area contributed by atoms with Crippen molar-refractivity contribution in [1.29, 1.82) is 0 Å². The smallest absolute Gasteiger partial charge is 0.0582 e. The molecule has 0 radical (unpaired) electrons. The van der Waals surface area contributed by atoms with Crippen molar-refractivity contribution in [3.63, 3.8) is 0 Å². The van der Waals surface area contributed by atoms with Gasteiger partial charge >= 0.3 is 0 Å². The molecule has 0 aliphatic rings. The monoisotopic (exact) mass is 225 g/mol. The summed E-state index contributed by atoms with van der Waals surface area (Å²) in [5, 5.41) is 7.36. The third-order valence-electron chi connectivity index (χ3n) is 2.31. The molecule has 0 aliphatic heterocycles. The fourth-order valence-electron chi connectivity index (χ4n) is 1.50. The Morgan fingerprint density at radius 3 is 2.82 bits per heavy atom. The highest BCUT2D eigenvalue weighted by Crippen LogP contribution is 1.95. The van der Waals surface area contributed by atoms with Crippen molar-refractivity contribution in [2.45, 2.75) is 6.54 Å². The topological polar surface area (TPSA) is 29.9 Å². The summed E-state index contributed by atoms with van der Waals surface area (Å²) in [5.74, 6) is 6.19. The zero-order valence-corrected chi connectivity index (χ0v) is 9.85. The van der Waals surface area contributed by atoms with E-state index in [0.717, 1.165) is 12.1 Å². The van der Waals surface area contributed by atoms with Crippen LogP contribution in [-0.4, -0.2) is 16.3 Å². The molecule has 0 saturated carbocycles. The molecule has 0 atom stereocenters. The number of aryl methyl sites for hydroxylation is 1. The molecule has 3 nitrogen and oxygen atoms in total. The maximum absolute atomic E-state index is 4.10. The minimum atomic E-state index is 0.684. The Labute approximate surface area is 101 Å². The van der Waals surface area contributed by atoms with E-state index in [1.54, 1.807) is 4.68 Å². The predicted octanol–water partition coefficient (Wildman–Crippen LogP) is 1.56. The highest BCUT2D eigenvalue weighted by atomic mass is 15.2. The first kappa shape index (κ1) is 11.4. The predicted molar refractivity (Wildman–Crippen MR) is 68.2 cm³/mol. The number of aromatic nitrogens is 2. The zero-order valence-electron chi connectivity index (χ0n) is 9.85. The Morgan fingerprint density at radius 2 is 2.12 bits per heavy atom. The van der Waals surface area contributed by atoms with Crippen LogP contribution in [0.2, 0.25) is 0 Å². The van der Waals surface area contributed by atoms with E-state index in [-0.39, 0.29) is 0 Å². The summed E-state index contributed by atoms with van der Waals surface area (Å²) in [5.41, 5.74) is 2.23. The first-order chi connectivity index (χ1) is 8.34. The molecule has 0 unspecified atom stereocenters. The Kier molecular flexibility index (Phi) is 3.95. The van der Waals surface area contributed by atoms with Gasteiger partial charge in [0.1, 0.15) is 0 Å². The molecular weight excluding hydrogens is 210 g/mol. The zero-order chi connectivity index (χ0) is 11.9. The normalized spacial score (nSPS) is 9.71.